The molecule has 1 aliphatic heterocycles. The van der Waals surface area contributed by atoms with Gasteiger partial charge in [-0.05, 0) is 24.3 Å². The van der Waals surface area contributed by atoms with Crippen LogP contribution in [0.25, 0.3) is 16.6 Å². The molecule has 1 aromatic carbocycles. The zero-order valence-electron chi connectivity index (χ0n) is 12.7. The van der Waals surface area contributed by atoms with E-state index in [2.05, 4.69) is 10.3 Å². The van der Waals surface area contributed by atoms with Gasteiger partial charge >= 0.3 is 12.4 Å². The fourth-order valence-electron chi connectivity index (χ4n) is 2.12. The fourth-order valence-corrected chi connectivity index (χ4v) is 4.07. The van der Waals surface area contributed by atoms with Crippen LogP contribution in [0.15, 0.2) is 29.3 Å². The fraction of sp³-hybridized carbons (Fsp3) is 0.133. The number of nitrogens with zero attached hydrogens (tertiary/aromatic N) is 1. The molecular formula is C15H6F6N2OS3. The second-order valence-electron chi connectivity index (χ2n) is 5.21. The summed E-state index contributed by atoms with van der Waals surface area (Å²) in [6.45, 7) is 0. The van der Waals surface area contributed by atoms with Crippen molar-refractivity contribution in [3.8, 4) is 10.6 Å². The molecule has 142 valence electrons. The maximum atomic E-state index is 13.0. The number of alkyl halides is 6. The summed E-state index contributed by atoms with van der Waals surface area (Å²) in [5.74, 6) is -0.432. The Balaban J connectivity index is 2.02. The Hall–Kier alpha value is -1.92. The number of benzene rings is 1. The van der Waals surface area contributed by atoms with Crippen LogP contribution < -0.4 is 5.32 Å². The van der Waals surface area contributed by atoms with Crippen molar-refractivity contribution in [2.24, 2.45) is 0 Å². The van der Waals surface area contributed by atoms with Gasteiger partial charge in [-0.25, -0.2) is 4.98 Å². The van der Waals surface area contributed by atoms with Crippen molar-refractivity contribution < 1.29 is 31.1 Å². The van der Waals surface area contributed by atoms with Crippen molar-refractivity contribution in [3.05, 3.63) is 45.3 Å². The van der Waals surface area contributed by atoms with Gasteiger partial charge in [-0.2, -0.15) is 26.3 Å². The zero-order chi connectivity index (χ0) is 20.0. The van der Waals surface area contributed by atoms with Crippen molar-refractivity contribution in [1.82, 2.24) is 10.3 Å². The first kappa shape index (κ1) is 19.8. The summed E-state index contributed by atoms with van der Waals surface area (Å²) >= 11 is 6.69. The van der Waals surface area contributed by atoms with Crippen molar-refractivity contribution in [1.29, 1.82) is 0 Å². The SMILES string of the molecule is O=C1NC(=S)SC1=Cc1cnc(-c2cc(C(F)(F)F)cc(C(F)(F)F)c2)s1. The molecule has 3 rings (SSSR count). The van der Waals surface area contributed by atoms with Gasteiger partial charge in [0.05, 0.1) is 16.0 Å². The molecule has 0 spiro atoms. The molecule has 0 saturated carbocycles. The van der Waals surface area contributed by atoms with Gasteiger partial charge in [-0.1, -0.05) is 24.0 Å². The standard InChI is InChI=1S/C15H6F6N2OS3/c16-14(17,18)7-1-6(2-8(3-7)15(19,20)21)12-22-5-9(26-12)4-10-11(24)23-13(25)27-10/h1-5H,(H,23,24,25). The smallest absolute Gasteiger partial charge is 0.307 e. The molecule has 2 aromatic rings. The van der Waals surface area contributed by atoms with E-state index in [1.165, 1.54) is 12.3 Å². The summed E-state index contributed by atoms with van der Waals surface area (Å²) < 4.78 is 78.0. The van der Waals surface area contributed by atoms with Gasteiger partial charge in [0.2, 0.25) is 0 Å². The van der Waals surface area contributed by atoms with Crippen LogP contribution >= 0.6 is 35.3 Å². The molecule has 12 heteroatoms. The second-order valence-corrected chi connectivity index (χ2v) is 8.00. The minimum atomic E-state index is -4.94. The Labute approximate surface area is 161 Å². The molecule has 1 fully saturated rings. The summed E-state index contributed by atoms with van der Waals surface area (Å²) in [6.07, 6.45) is -7.20. The number of hydrogen-bond donors (Lipinski definition) is 1. The Morgan fingerprint density at radius 2 is 1.63 bits per heavy atom. The first-order valence-electron chi connectivity index (χ1n) is 6.94. The molecule has 0 aliphatic carbocycles. The summed E-state index contributed by atoms with van der Waals surface area (Å²) in [4.78, 5) is 16.2. The Bertz CT molecular complexity index is 929. The molecule has 1 aromatic heterocycles. The lowest BCUT2D eigenvalue weighted by atomic mass is 10.1. The maximum absolute atomic E-state index is 13.0. The highest BCUT2D eigenvalue weighted by Gasteiger charge is 2.37. The van der Waals surface area contributed by atoms with E-state index in [9.17, 15) is 31.1 Å². The largest absolute Gasteiger partial charge is 0.416 e. The number of rotatable bonds is 2. The highest BCUT2D eigenvalue weighted by molar-refractivity contribution is 8.26. The first-order valence-corrected chi connectivity index (χ1v) is 8.98. The van der Waals surface area contributed by atoms with Gasteiger partial charge in [0.25, 0.3) is 5.91 Å². The molecule has 27 heavy (non-hydrogen) atoms. The van der Waals surface area contributed by atoms with Gasteiger partial charge in [-0.15, -0.1) is 11.3 Å². The molecule has 0 bridgehead atoms. The predicted molar refractivity (Wildman–Crippen MR) is 93.9 cm³/mol. The summed E-state index contributed by atoms with van der Waals surface area (Å²) in [7, 11) is 0. The van der Waals surface area contributed by atoms with Crippen molar-refractivity contribution in [2.45, 2.75) is 12.4 Å². The molecule has 0 radical (unpaired) electrons. The lowest BCUT2D eigenvalue weighted by molar-refractivity contribution is -0.143. The van der Waals surface area contributed by atoms with Gasteiger partial charge in [-0.3, -0.25) is 4.79 Å². The van der Waals surface area contributed by atoms with Crippen molar-refractivity contribution >= 4 is 51.6 Å². The van der Waals surface area contributed by atoms with Crippen LogP contribution in [0, 0.1) is 0 Å². The molecule has 1 aliphatic rings. The molecule has 0 unspecified atom stereocenters. The number of thiazole rings is 1. The number of hydrogen-bond acceptors (Lipinski definition) is 5. The number of amides is 1. The van der Waals surface area contributed by atoms with Gasteiger partial charge < -0.3 is 5.32 Å². The first-order chi connectivity index (χ1) is 12.4. The van der Waals surface area contributed by atoms with Gasteiger partial charge in [0.1, 0.15) is 9.33 Å². The number of carbonyl (C=O) groups excluding carboxylic acids is 1. The topological polar surface area (TPSA) is 42.0 Å². The van der Waals surface area contributed by atoms with Crippen LogP contribution in [0.4, 0.5) is 26.3 Å². The molecule has 0 atom stereocenters. The number of carbonyl (C=O) groups is 1. The van der Waals surface area contributed by atoms with E-state index in [0.717, 1.165) is 23.1 Å². The molecule has 3 nitrogen and oxygen atoms in total. The second kappa shape index (κ2) is 6.91. The van der Waals surface area contributed by atoms with E-state index in [1.54, 1.807) is 0 Å². The van der Waals surface area contributed by atoms with E-state index in [-0.39, 0.29) is 25.9 Å². The summed E-state index contributed by atoms with van der Waals surface area (Å²) in [5.41, 5.74) is -3.15. The highest BCUT2D eigenvalue weighted by Crippen LogP contribution is 2.39. The van der Waals surface area contributed by atoms with E-state index >= 15 is 0 Å². The normalized spacial score (nSPS) is 16.9. The zero-order valence-corrected chi connectivity index (χ0v) is 15.2. The molecule has 1 saturated heterocycles. The Kier molecular flexibility index (Phi) is 5.08. The van der Waals surface area contributed by atoms with Crippen LogP contribution in [-0.2, 0) is 17.1 Å². The Morgan fingerprint density at radius 3 is 2.11 bits per heavy atom. The van der Waals surface area contributed by atoms with Gasteiger partial charge in [0, 0.05) is 16.6 Å². The minimum Gasteiger partial charge on any atom is -0.307 e. The van der Waals surface area contributed by atoms with Crippen molar-refractivity contribution in [2.75, 3.05) is 0 Å². The van der Waals surface area contributed by atoms with E-state index in [1.807, 2.05) is 0 Å². The van der Waals surface area contributed by atoms with Crippen LogP contribution in [0.5, 0.6) is 0 Å². The van der Waals surface area contributed by atoms with Gasteiger partial charge in [0.15, 0.2) is 0 Å². The third kappa shape index (κ3) is 4.50. The lowest BCUT2D eigenvalue weighted by Crippen LogP contribution is -2.17. The summed E-state index contributed by atoms with van der Waals surface area (Å²) in [6, 6.07) is 1.27. The van der Waals surface area contributed by atoms with Crippen LogP contribution in [0.1, 0.15) is 16.0 Å². The number of halogens is 6. The minimum absolute atomic E-state index is 0.0376. The number of nitrogens with one attached hydrogen (secondary N) is 1. The van der Waals surface area contributed by atoms with E-state index in [4.69, 9.17) is 12.2 Å². The van der Waals surface area contributed by atoms with E-state index < -0.39 is 29.4 Å². The number of aromatic nitrogens is 1. The number of thiocarbonyl (C=S) groups is 1. The molecule has 1 N–H and O–H groups in total. The average molecular weight is 440 g/mol. The lowest BCUT2D eigenvalue weighted by Gasteiger charge is -2.13. The predicted octanol–water partition coefficient (Wildman–Crippen LogP) is 5.34. The maximum Gasteiger partial charge on any atom is 0.416 e. The van der Waals surface area contributed by atoms with Crippen LogP contribution in [-0.4, -0.2) is 15.2 Å². The summed E-state index contributed by atoms with van der Waals surface area (Å²) in [5, 5.41) is 2.36. The van der Waals surface area contributed by atoms with Crippen molar-refractivity contribution in [3.63, 3.8) is 0 Å². The quantitative estimate of drug-likeness (QED) is 0.389. The molecule has 2 heterocycles. The molecule has 1 amide bonds. The molecular weight excluding hydrogens is 434 g/mol. The Morgan fingerprint density at radius 1 is 1.04 bits per heavy atom. The van der Waals surface area contributed by atoms with Crippen LogP contribution in [0.3, 0.4) is 0 Å². The highest BCUT2D eigenvalue weighted by atomic mass is 32.2. The third-order valence-corrected chi connectivity index (χ3v) is 5.43. The number of thioether (sulfide) groups is 1. The van der Waals surface area contributed by atoms with Crippen LogP contribution in [0.2, 0.25) is 0 Å². The average Bonchev–Trinajstić information content (AvgIpc) is 3.12. The monoisotopic (exact) mass is 440 g/mol. The van der Waals surface area contributed by atoms with E-state index in [0.29, 0.717) is 17.0 Å². The third-order valence-electron chi connectivity index (χ3n) is 3.27.